The average molecular weight is 585 g/mol. The maximum atomic E-state index is 15.2. The summed E-state index contributed by atoms with van der Waals surface area (Å²) in [6.45, 7) is 3.64. The molecule has 7 heteroatoms. The number of methoxy groups -OCH3 is 1. The predicted molar refractivity (Wildman–Crippen MR) is 163 cm³/mol. The third-order valence-electron chi connectivity index (χ3n) is 10.5. The molecule has 2 aromatic carbocycles. The monoisotopic (exact) mass is 584 g/mol. The number of pyridine rings is 1. The Balaban J connectivity index is 1.22. The Morgan fingerprint density at radius 3 is 2.70 bits per heavy atom. The van der Waals surface area contributed by atoms with Crippen LogP contribution < -0.4 is 9.47 Å². The van der Waals surface area contributed by atoms with E-state index in [0.717, 1.165) is 72.3 Å². The van der Waals surface area contributed by atoms with Crippen molar-refractivity contribution in [2.75, 3.05) is 13.7 Å². The SMILES string of the molecule is COc1ccc(F)c(-c2ccc(C3CCc4ccc(C(C)(CC5CC5)C(=O)O)cc4O3)cc2CN2CCCCC23CC3)n1. The lowest BCUT2D eigenvalue weighted by molar-refractivity contribution is -0.143. The van der Waals surface area contributed by atoms with Crippen LogP contribution in [0.25, 0.3) is 11.3 Å². The van der Waals surface area contributed by atoms with Crippen LogP contribution in [0.4, 0.5) is 4.39 Å². The predicted octanol–water partition coefficient (Wildman–Crippen LogP) is 7.62. The van der Waals surface area contributed by atoms with Gasteiger partial charge in [0.05, 0.1) is 12.5 Å². The number of benzene rings is 2. The van der Waals surface area contributed by atoms with Crippen molar-refractivity contribution >= 4 is 5.97 Å². The Morgan fingerprint density at radius 1 is 1.12 bits per heavy atom. The number of fused-ring (bicyclic) bond motifs is 1. The van der Waals surface area contributed by atoms with Gasteiger partial charge in [-0.25, -0.2) is 9.37 Å². The van der Waals surface area contributed by atoms with E-state index in [0.29, 0.717) is 29.5 Å². The molecule has 6 nitrogen and oxygen atoms in total. The number of halogens is 1. The molecule has 2 saturated carbocycles. The molecule has 3 aromatic rings. The molecule has 2 atom stereocenters. The normalized spacial score (nSPS) is 22.3. The van der Waals surface area contributed by atoms with E-state index in [-0.39, 0.29) is 11.9 Å². The molecule has 3 heterocycles. The first-order chi connectivity index (χ1) is 20.8. The quantitative estimate of drug-likeness (QED) is 0.279. The van der Waals surface area contributed by atoms with Crippen molar-refractivity contribution in [1.82, 2.24) is 9.88 Å². The van der Waals surface area contributed by atoms with Gasteiger partial charge in [0.25, 0.3) is 0 Å². The fraction of sp³-hybridized carbons (Fsp3) is 0.500. The highest BCUT2D eigenvalue weighted by Gasteiger charge is 2.48. The maximum absolute atomic E-state index is 15.2. The molecule has 1 aromatic heterocycles. The van der Waals surface area contributed by atoms with Gasteiger partial charge in [-0.15, -0.1) is 0 Å². The number of aromatic nitrogens is 1. The zero-order valence-corrected chi connectivity index (χ0v) is 25.2. The summed E-state index contributed by atoms with van der Waals surface area (Å²) in [5.74, 6) is 0.507. The van der Waals surface area contributed by atoms with Gasteiger partial charge in [-0.3, -0.25) is 9.69 Å². The minimum Gasteiger partial charge on any atom is -0.485 e. The number of likely N-dealkylation sites (tertiary alicyclic amines) is 1. The van der Waals surface area contributed by atoms with Crippen LogP contribution in [0.3, 0.4) is 0 Å². The van der Waals surface area contributed by atoms with Gasteiger partial charge in [0.1, 0.15) is 23.4 Å². The summed E-state index contributed by atoms with van der Waals surface area (Å²) in [6, 6.07) is 15.2. The second-order valence-corrected chi connectivity index (χ2v) is 13.5. The zero-order chi connectivity index (χ0) is 29.8. The smallest absolute Gasteiger partial charge is 0.313 e. The van der Waals surface area contributed by atoms with Gasteiger partial charge in [0.2, 0.25) is 5.88 Å². The molecule has 3 fully saturated rings. The van der Waals surface area contributed by atoms with Crippen LogP contribution in [-0.2, 0) is 23.2 Å². The first-order valence-corrected chi connectivity index (χ1v) is 15.9. The van der Waals surface area contributed by atoms with E-state index in [9.17, 15) is 9.90 Å². The Morgan fingerprint density at radius 2 is 1.95 bits per heavy atom. The Bertz CT molecular complexity index is 1550. The number of hydrogen-bond acceptors (Lipinski definition) is 5. The van der Waals surface area contributed by atoms with E-state index in [1.807, 2.05) is 37.3 Å². The third kappa shape index (κ3) is 5.41. The fourth-order valence-corrected chi connectivity index (χ4v) is 7.39. The number of carboxylic acids is 1. The van der Waals surface area contributed by atoms with Gasteiger partial charge < -0.3 is 14.6 Å². The highest BCUT2D eigenvalue weighted by molar-refractivity contribution is 5.81. The average Bonchev–Trinajstić information content (AvgIpc) is 3.96. The number of nitrogens with zero attached hydrogens (tertiary/aromatic N) is 2. The Kier molecular flexibility index (Phi) is 7.19. The molecule has 4 aliphatic rings. The largest absolute Gasteiger partial charge is 0.485 e. The van der Waals surface area contributed by atoms with Crippen molar-refractivity contribution in [3.05, 3.63) is 76.6 Å². The van der Waals surface area contributed by atoms with Crippen LogP contribution >= 0.6 is 0 Å². The molecule has 1 saturated heterocycles. The van der Waals surface area contributed by atoms with Crippen molar-refractivity contribution in [3.8, 4) is 22.9 Å². The minimum atomic E-state index is -0.928. The summed E-state index contributed by atoms with van der Waals surface area (Å²) in [7, 11) is 1.55. The number of rotatable bonds is 9. The van der Waals surface area contributed by atoms with E-state index in [1.54, 1.807) is 13.2 Å². The summed E-state index contributed by atoms with van der Waals surface area (Å²) >= 11 is 0. The Hall–Kier alpha value is -3.45. The van der Waals surface area contributed by atoms with Crippen LogP contribution in [0.1, 0.15) is 93.1 Å². The molecule has 7 rings (SSSR count). The second kappa shape index (κ2) is 10.9. The lowest BCUT2D eigenvalue weighted by Gasteiger charge is -2.37. The molecule has 0 bridgehead atoms. The molecule has 43 heavy (non-hydrogen) atoms. The van der Waals surface area contributed by atoms with E-state index >= 15 is 4.39 Å². The Labute approximate surface area is 253 Å². The fourth-order valence-electron chi connectivity index (χ4n) is 7.39. The summed E-state index contributed by atoms with van der Waals surface area (Å²) in [5.41, 5.74) is 4.49. The van der Waals surface area contributed by atoms with Crippen molar-refractivity contribution in [1.29, 1.82) is 0 Å². The molecule has 226 valence electrons. The standard InChI is InChI=1S/C36H41FN2O4/c1-35(34(40)41,21-23-5-6-23)27-10-7-24-9-13-30(43-31(24)20-27)25-8-11-28(33-29(37)12-14-32(38-33)42-2)26(19-25)22-39-18-4-3-15-36(39)16-17-36/h7-8,10-12,14,19-20,23,30H,3-6,9,13,15-18,21-22H2,1-2H3,(H,40,41). The van der Waals surface area contributed by atoms with Crippen LogP contribution in [-0.4, -0.2) is 40.2 Å². The van der Waals surface area contributed by atoms with Crippen LogP contribution in [0.5, 0.6) is 11.6 Å². The first-order valence-electron chi connectivity index (χ1n) is 15.9. The van der Waals surface area contributed by atoms with E-state index in [2.05, 4.69) is 16.0 Å². The topological polar surface area (TPSA) is 71.9 Å². The van der Waals surface area contributed by atoms with E-state index in [4.69, 9.17) is 9.47 Å². The van der Waals surface area contributed by atoms with Gasteiger partial charge in [0.15, 0.2) is 0 Å². The van der Waals surface area contributed by atoms with Gasteiger partial charge >= 0.3 is 5.97 Å². The highest BCUT2D eigenvalue weighted by Crippen LogP contribution is 2.50. The van der Waals surface area contributed by atoms with Gasteiger partial charge in [-0.1, -0.05) is 49.6 Å². The summed E-state index contributed by atoms with van der Waals surface area (Å²) in [5, 5.41) is 10.2. The highest BCUT2D eigenvalue weighted by atomic mass is 19.1. The number of carbonyl (C=O) groups is 1. The zero-order valence-electron chi connectivity index (χ0n) is 25.2. The molecule has 2 unspecified atom stereocenters. The summed E-state index contributed by atoms with van der Waals surface area (Å²) in [6.07, 6.45) is 10.5. The second-order valence-electron chi connectivity index (χ2n) is 13.5. The van der Waals surface area contributed by atoms with Gasteiger partial charge in [-0.2, -0.15) is 0 Å². The summed E-state index contributed by atoms with van der Waals surface area (Å²) < 4.78 is 27.2. The lowest BCUT2D eigenvalue weighted by Crippen LogP contribution is -2.40. The third-order valence-corrected chi connectivity index (χ3v) is 10.5. The molecule has 0 amide bonds. The van der Waals surface area contributed by atoms with Crippen molar-refractivity contribution in [2.24, 2.45) is 5.92 Å². The molecular formula is C36H41FN2O4. The lowest BCUT2D eigenvalue weighted by atomic mass is 9.77. The number of aryl methyl sites for hydroxylation is 1. The number of carboxylic acid groups (broad SMARTS) is 1. The van der Waals surface area contributed by atoms with Crippen LogP contribution in [0.2, 0.25) is 0 Å². The van der Waals surface area contributed by atoms with Gasteiger partial charge in [-0.05, 0) is 98.7 Å². The maximum Gasteiger partial charge on any atom is 0.313 e. The van der Waals surface area contributed by atoms with E-state index in [1.165, 1.54) is 38.2 Å². The molecule has 2 aliphatic carbocycles. The van der Waals surface area contributed by atoms with E-state index < -0.39 is 11.4 Å². The van der Waals surface area contributed by atoms with Crippen LogP contribution in [0.15, 0.2) is 48.5 Å². The summed E-state index contributed by atoms with van der Waals surface area (Å²) in [4.78, 5) is 19.5. The number of ether oxygens (including phenoxy) is 2. The van der Waals surface area contributed by atoms with Crippen molar-refractivity contribution in [3.63, 3.8) is 0 Å². The first kappa shape index (κ1) is 28.3. The van der Waals surface area contributed by atoms with Crippen molar-refractivity contribution < 1.29 is 23.8 Å². The molecular weight excluding hydrogens is 543 g/mol. The number of aliphatic carboxylic acids is 1. The molecule has 0 radical (unpaired) electrons. The van der Waals surface area contributed by atoms with Crippen LogP contribution in [0, 0.1) is 11.7 Å². The number of piperidine rings is 1. The molecule has 1 N–H and O–H groups in total. The number of hydrogen-bond donors (Lipinski definition) is 1. The van der Waals surface area contributed by atoms with Crippen molar-refractivity contribution in [2.45, 2.75) is 94.7 Å². The molecule has 1 spiro atoms. The minimum absolute atomic E-state index is 0.172. The van der Waals surface area contributed by atoms with Gasteiger partial charge in [0, 0.05) is 23.7 Å². The molecule has 2 aliphatic heterocycles.